The fourth-order valence-electron chi connectivity index (χ4n) is 7.12. The summed E-state index contributed by atoms with van der Waals surface area (Å²) in [7, 11) is 2.44. The molecule has 6 aromatic rings. The molecule has 0 aliphatic heterocycles. The Balaban J connectivity index is 1.32. The Bertz CT molecular complexity index is 2440. The third kappa shape index (κ3) is 14.0. The first-order chi connectivity index (χ1) is 33.1. The molecule has 6 aromatic carbocycles. The van der Waals surface area contributed by atoms with Crippen molar-refractivity contribution in [2.45, 2.75) is 78.6 Å². The lowest BCUT2D eigenvalue weighted by atomic mass is 9.86. The fraction of sp³-hybridized carbons (Fsp3) is 0.316. The highest BCUT2D eigenvalue weighted by Gasteiger charge is 2.32. The van der Waals surface area contributed by atoms with Gasteiger partial charge in [-0.2, -0.15) is 0 Å². The number of hydrogen-bond acceptors (Lipinski definition) is 12. The first-order valence-electron chi connectivity index (χ1n) is 22.8. The van der Waals surface area contributed by atoms with Crippen molar-refractivity contribution in [3.63, 3.8) is 0 Å². The number of ketones is 3. The molecule has 0 fully saturated rings. The monoisotopic (exact) mass is 970 g/mol. The van der Waals surface area contributed by atoms with Crippen LogP contribution in [0, 0.1) is 0 Å². The van der Waals surface area contributed by atoms with Gasteiger partial charge in [0.15, 0.2) is 37.2 Å². The van der Waals surface area contributed by atoms with Crippen LogP contribution in [0.25, 0.3) is 0 Å². The highest BCUT2D eigenvalue weighted by atomic mass is 31.2. The number of rotatable bonds is 21. The van der Waals surface area contributed by atoms with E-state index in [4.69, 9.17) is 42.0 Å². The molecule has 70 heavy (non-hydrogen) atoms. The van der Waals surface area contributed by atoms with Crippen molar-refractivity contribution in [3.8, 4) is 51.7 Å². The van der Waals surface area contributed by atoms with E-state index in [1.165, 1.54) is 0 Å². The second-order valence-electron chi connectivity index (χ2n) is 19.5. The van der Waals surface area contributed by atoms with Gasteiger partial charge in [0.1, 0.15) is 51.7 Å². The number of methoxy groups -OCH3 is 3. The third-order valence-corrected chi connectivity index (χ3v) is 12.2. The Labute approximate surface area is 413 Å². The Morgan fingerprint density at radius 3 is 0.800 bits per heavy atom. The van der Waals surface area contributed by atoms with E-state index in [0.717, 1.165) is 16.7 Å². The molecule has 0 spiro atoms. The van der Waals surface area contributed by atoms with Gasteiger partial charge >= 0.3 is 8.60 Å². The van der Waals surface area contributed by atoms with Crippen molar-refractivity contribution >= 4 is 26.0 Å². The van der Waals surface area contributed by atoms with E-state index >= 15 is 0 Å². The van der Waals surface area contributed by atoms with E-state index in [2.05, 4.69) is 62.3 Å². The number of ether oxygens (including phenoxy) is 6. The largest absolute Gasteiger partial charge is 0.530 e. The summed E-state index contributed by atoms with van der Waals surface area (Å²) in [6, 6.07) is 36.9. The molecule has 12 nitrogen and oxygen atoms in total. The molecular weight excluding hydrogens is 908 g/mol. The fourth-order valence-corrected chi connectivity index (χ4v) is 8.19. The standard InChI is InChI=1S/C57H63O12P/c1-55(2,3)46-31-43(64-34-49(58)37-13-19-40(61-10)20-14-37)25-28-52(46)67-70(68-53-29-26-44(32-47(53)56(4,5)6)65-35-50(59)38-15-21-41(62-11)22-16-38)69-54-30-27-45(33-48(54)57(7,8)9)66-36-51(60)39-17-23-42(63-12)24-18-39/h13-33H,34-36H2,1-12H3. The van der Waals surface area contributed by atoms with Gasteiger partial charge in [0.05, 0.1) is 21.3 Å². The van der Waals surface area contributed by atoms with Crippen LogP contribution in [0.15, 0.2) is 127 Å². The lowest BCUT2D eigenvalue weighted by Crippen LogP contribution is -2.18. The number of hydrogen-bond donors (Lipinski definition) is 0. The molecule has 0 aliphatic carbocycles. The minimum atomic E-state index is -2.28. The van der Waals surface area contributed by atoms with Gasteiger partial charge in [0.2, 0.25) is 0 Å². The molecule has 0 unspecified atom stereocenters. The highest BCUT2D eigenvalue weighted by molar-refractivity contribution is 7.43. The van der Waals surface area contributed by atoms with Crippen molar-refractivity contribution in [2.24, 2.45) is 0 Å². The molecule has 0 aliphatic rings. The minimum Gasteiger partial charge on any atom is -0.497 e. The van der Waals surface area contributed by atoms with Gasteiger partial charge in [0.25, 0.3) is 0 Å². The van der Waals surface area contributed by atoms with Crippen LogP contribution >= 0.6 is 8.60 Å². The summed E-state index contributed by atoms with van der Waals surface area (Å²) in [5.74, 6) is 4.31. The molecule has 13 heteroatoms. The molecule has 0 atom stereocenters. The van der Waals surface area contributed by atoms with Crippen molar-refractivity contribution in [1.82, 2.24) is 0 Å². The SMILES string of the molecule is COc1ccc(C(=O)COc2ccc(OP(Oc3ccc(OCC(=O)c4ccc(OC)cc4)cc3C(C)(C)C)Oc3ccc(OCC(=O)c4ccc(OC)cc4)cc3C(C)(C)C)c(C(C)(C)C)c2)cc1. The van der Waals surface area contributed by atoms with Crippen LogP contribution in [0.1, 0.15) is 110 Å². The third-order valence-electron chi connectivity index (χ3n) is 11.1. The zero-order valence-corrected chi connectivity index (χ0v) is 43.0. The molecule has 0 saturated carbocycles. The summed E-state index contributed by atoms with van der Waals surface area (Å²) in [6.07, 6.45) is 0. The molecule has 0 saturated heterocycles. The van der Waals surface area contributed by atoms with Gasteiger partial charge in [-0.1, -0.05) is 62.3 Å². The number of Topliss-reactive ketones (excluding diaryl/α,β-unsaturated/α-hetero) is 3. The van der Waals surface area contributed by atoms with E-state index < -0.39 is 24.8 Å². The van der Waals surface area contributed by atoms with E-state index in [1.54, 1.807) is 131 Å². The van der Waals surface area contributed by atoms with Crippen molar-refractivity contribution in [3.05, 3.63) is 161 Å². The lowest BCUT2D eigenvalue weighted by Gasteiger charge is -2.29. The van der Waals surface area contributed by atoms with E-state index in [1.807, 2.05) is 18.2 Å². The predicted octanol–water partition coefficient (Wildman–Crippen LogP) is 13.2. The molecule has 0 amide bonds. The quantitative estimate of drug-likeness (QED) is 0.0502. The van der Waals surface area contributed by atoms with Crippen molar-refractivity contribution in [2.75, 3.05) is 41.2 Å². The van der Waals surface area contributed by atoms with E-state index in [-0.39, 0.29) is 37.2 Å². The molecule has 368 valence electrons. The second-order valence-corrected chi connectivity index (χ2v) is 20.5. The molecular formula is C57H63O12P. The summed E-state index contributed by atoms with van der Waals surface area (Å²) in [5.41, 5.74) is 2.46. The molecule has 0 heterocycles. The van der Waals surface area contributed by atoms with Crippen molar-refractivity contribution in [1.29, 1.82) is 0 Å². The number of benzene rings is 6. The molecule has 0 bridgehead atoms. The Morgan fingerprint density at radius 2 is 0.586 bits per heavy atom. The highest BCUT2D eigenvalue weighted by Crippen LogP contribution is 2.50. The number of carbonyl (C=O) groups is 3. The molecule has 0 N–H and O–H groups in total. The zero-order valence-electron chi connectivity index (χ0n) is 42.1. The van der Waals surface area contributed by atoms with Gasteiger partial charge in [0, 0.05) is 33.4 Å². The van der Waals surface area contributed by atoms with Crippen LogP contribution in [-0.4, -0.2) is 58.5 Å². The normalized spacial score (nSPS) is 11.6. The topological polar surface area (TPSA) is 134 Å². The maximum atomic E-state index is 13.1. The van der Waals surface area contributed by atoms with Gasteiger partial charge in [-0.05, 0) is 144 Å². The summed E-state index contributed by atoms with van der Waals surface area (Å²) in [5, 5.41) is 0. The summed E-state index contributed by atoms with van der Waals surface area (Å²) >= 11 is 0. The first kappa shape index (κ1) is 52.3. The maximum absolute atomic E-state index is 13.1. The molecule has 0 radical (unpaired) electrons. The summed E-state index contributed by atoms with van der Waals surface area (Å²) < 4.78 is 54.5. The van der Waals surface area contributed by atoms with Gasteiger partial charge in [-0.3, -0.25) is 14.4 Å². The van der Waals surface area contributed by atoms with Crippen LogP contribution in [0.4, 0.5) is 0 Å². The van der Waals surface area contributed by atoms with Gasteiger partial charge in [-0.15, -0.1) is 0 Å². The Kier molecular flexibility index (Phi) is 16.9. The maximum Gasteiger partial charge on any atom is 0.530 e. The van der Waals surface area contributed by atoms with Crippen LogP contribution in [-0.2, 0) is 16.2 Å². The second kappa shape index (κ2) is 22.6. The first-order valence-corrected chi connectivity index (χ1v) is 23.9. The predicted molar refractivity (Wildman–Crippen MR) is 273 cm³/mol. The van der Waals surface area contributed by atoms with Crippen LogP contribution in [0.2, 0.25) is 0 Å². The Morgan fingerprint density at radius 1 is 0.357 bits per heavy atom. The molecule has 0 aromatic heterocycles. The Hall–Kier alpha value is -7.04. The average Bonchev–Trinajstić information content (AvgIpc) is 3.34. The van der Waals surface area contributed by atoms with Gasteiger partial charge in [-0.25, -0.2) is 0 Å². The van der Waals surface area contributed by atoms with Gasteiger partial charge < -0.3 is 42.0 Å². The minimum absolute atomic E-state index is 0.176. The van der Waals surface area contributed by atoms with Crippen LogP contribution < -0.4 is 42.0 Å². The lowest BCUT2D eigenvalue weighted by molar-refractivity contribution is 0.0915. The van der Waals surface area contributed by atoms with Crippen LogP contribution in [0.5, 0.6) is 51.7 Å². The summed E-state index contributed by atoms with van der Waals surface area (Å²) in [6.45, 7) is 17.9. The average molecular weight is 971 g/mol. The smallest absolute Gasteiger partial charge is 0.497 e. The van der Waals surface area contributed by atoms with Crippen molar-refractivity contribution < 1.29 is 56.4 Å². The summed E-state index contributed by atoms with van der Waals surface area (Å²) in [4.78, 5) is 39.3. The molecule has 6 rings (SSSR count). The number of carbonyl (C=O) groups excluding carboxylic acids is 3. The zero-order chi connectivity index (χ0) is 50.8. The van der Waals surface area contributed by atoms with E-state index in [9.17, 15) is 14.4 Å². The van der Waals surface area contributed by atoms with E-state index in [0.29, 0.717) is 68.4 Å². The van der Waals surface area contributed by atoms with Crippen LogP contribution in [0.3, 0.4) is 0 Å².